The van der Waals surface area contributed by atoms with Gasteiger partial charge in [-0.3, -0.25) is 9.36 Å². The van der Waals surface area contributed by atoms with Gasteiger partial charge in [-0.25, -0.2) is 4.98 Å². The maximum absolute atomic E-state index is 13.1. The van der Waals surface area contributed by atoms with Gasteiger partial charge >= 0.3 is 0 Å². The Balaban J connectivity index is 1.56. The zero-order valence-electron chi connectivity index (χ0n) is 15.7. The smallest absolute Gasteiger partial charge is 0.268 e. The van der Waals surface area contributed by atoms with E-state index in [1.165, 1.54) is 29.0 Å². The average molecular weight is 432 g/mol. The molecule has 5 rings (SSSR count). The van der Waals surface area contributed by atoms with E-state index < -0.39 is 0 Å². The van der Waals surface area contributed by atoms with E-state index in [1.54, 1.807) is 22.8 Å². The number of benzene rings is 1. The zero-order valence-corrected chi connectivity index (χ0v) is 17.3. The van der Waals surface area contributed by atoms with E-state index in [9.17, 15) is 4.79 Å². The molecule has 1 aromatic carbocycles. The molecule has 0 atom stereocenters. The standard InChI is InChI=1S/C21H13N5O2S2/c1-12-16-20(30-17(12)19-24-18(25-28-19)15-6-3-7-29-15)23-11-26(21(16)27)10-14-5-2-4-13(8-14)9-22/h2-8,11H,10H2,1H3. The molecule has 0 aliphatic carbocycles. The van der Waals surface area contributed by atoms with Crippen molar-refractivity contribution in [2.24, 2.45) is 0 Å². The van der Waals surface area contributed by atoms with E-state index in [-0.39, 0.29) is 5.56 Å². The molecule has 146 valence electrons. The summed E-state index contributed by atoms with van der Waals surface area (Å²) in [5.41, 5.74) is 2.05. The van der Waals surface area contributed by atoms with Crippen molar-refractivity contribution in [2.75, 3.05) is 0 Å². The second kappa shape index (κ2) is 7.33. The number of hydrogen-bond acceptors (Lipinski definition) is 8. The maximum Gasteiger partial charge on any atom is 0.268 e. The lowest BCUT2D eigenvalue weighted by molar-refractivity contribution is 0.433. The van der Waals surface area contributed by atoms with Crippen molar-refractivity contribution in [3.63, 3.8) is 0 Å². The van der Waals surface area contributed by atoms with E-state index in [1.807, 2.05) is 30.5 Å². The third-order valence-electron chi connectivity index (χ3n) is 4.69. The molecule has 4 aromatic heterocycles. The van der Waals surface area contributed by atoms with Gasteiger partial charge in [0.15, 0.2) is 0 Å². The van der Waals surface area contributed by atoms with Crippen LogP contribution in [-0.2, 0) is 6.54 Å². The highest BCUT2D eigenvalue weighted by Gasteiger charge is 2.20. The summed E-state index contributed by atoms with van der Waals surface area (Å²) in [6.45, 7) is 2.21. The Labute approximate surface area is 178 Å². The summed E-state index contributed by atoms with van der Waals surface area (Å²) in [6, 6.07) is 13.2. The minimum Gasteiger partial charge on any atom is -0.333 e. The summed E-state index contributed by atoms with van der Waals surface area (Å²) < 4.78 is 7.01. The molecule has 30 heavy (non-hydrogen) atoms. The van der Waals surface area contributed by atoms with E-state index in [4.69, 9.17) is 9.78 Å². The molecule has 0 aliphatic rings. The lowest BCUT2D eigenvalue weighted by Crippen LogP contribution is -2.21. The summed E-state index contributed by atoms with van der Waals surface area (Å²) in [5.74, 6) is 0.908. The predicted octanol–water partition coefficient (Wildman–Crippen LogP) is 4.46. The first-order chi connectivity index (χ1) is 14.6. The normalized spacial score (nSPS) is 11.1. The molecule has 0 N–H and O–H groups in total. The summed E-state index contributed by atoms with van der Waals surface area (Å²) in [6.07, 6.45) is 1.54. The largest absolute Gasteiger partial charge is 0.333 e. The third-order valence-corrected chi connectivity index (χ3v) is 6.74. The van der Waals surface area contributed by atoms with Crippen LogP contribution in [0, 0.1) is 18.3 Å². The molecular formula is C21H13N5O2S2. The fourth-order valence-corrected chi connectivity index (χ4v) is 4.94. The first-order valence-electron chi connectivity index (χ1n) is 8.99. The number of aryl methyl sites for hydroxylation is 1. The van der Waals surface area contributed by atoms with E-state index in [0.717, 1.165) is 20.9 Å². The van der Waals surface area contributed by atoms with Crippen LogP contribution in [0.5, 0.6) is 0 Å². The topological polar surface area (TPSA) is 97.6 Å². The maximum atomic E-state index is 13.1. The molecule has 0 saturated carbocycles. The van der Waals surface area contributed by atoms with Gasteiger partial charge in [0.25, 0.3) is 11.4 Å². The number of aromatic nitrogens is 4. The molecule has 5 aromatic rings. The van der Waals surface area contributed by atoms with Gasteiger partial charge in [-0.2, -0.15) is 10.2 Å². The van der Waals surface area contributed by atoms with Gasteiger partial charge in [-0.1, -0.05) is 23.4 Å². The minimum atomic E-state index is -0.139. The molecule has 0 saturated heterocycles. The Hall–Kier alpha value is -3.61. The Morgan fingerprint density at radius 2 is 2.17 bits per heavy atom. The average Bonchev–Trinajstić information content (AvgIpc) is 3.50. The molecule has 7 nitrogen and oxygen atoms in total. The van der Waals surface area contributed by atoms with Gasteiger partial charge in [0.2, 0.25) is 5.82 Å². The fraction of sp³-hybridized carbons (Fsp3) is 0.0952. The Bertz CT molecular complexity index is 1470. The van der Waals surface area contributed by atoms with Crippen LogP contribution < -0.4 is 5.56 Å². The summed E-state index contributed by atoms with van der Waals surface area (Å²) in [5, 5.41) is 15.6. The molecule has 0 fully saturated rings. The second-order valence-corrected chi connectivity index (χ2v) is 8.57. The van der Waals surface area contributed by atoms with Crippen molar-refractivity contribution in [1.82, 2.24) is 19.7 Å². The Morgan fingerprint density at radius 1 is 1.27 bits per heavy atom. The van der Waals surface area contributed by atoms with Crippen molar-refractivity contribution in [2.45, 2.75) is 13.5 Å². The number of nitrogens with zero attached hydrogens (tertiary/aromatic N) is 5. The quantitative estimate of drug-likeness (QED) is 0.417. The highest BCUT2D eigenvalue weighted by atomic mass is 32.1. The Kier molecular flexibility index (Phi) is 4.50. The SMILES string of the molecule is Cc1c(-c2nc(-c3cccs3)no2)sc2ncn(Cc3cccc(C#N)c3)c(=O)c12. The molecule has 4 heterocycles. The van der Waals surface area contributed by atoms with Gasteiger partial charge in [-0.15, -0.1) is 22.7 Å². The minimum absolute atomic E-state index is 0.139. The van der Waals surface area contributed by atoms with Gasteiger partial charge in [0, 0.05) is 0 Å². The van der Waals surface area contributed by atoms with Gasteiger partial charge in [-0.05, 0) is 41.6 Å². The highest BCUT2D eigenvalue weighted by Crippen LogP contribution is 2.36. The van der Waals surface area contributed by atoms with Crippen molar-refractivity contribution in [1.29, 1.82) is 5.26 Å². The summed E-state index contributed by atoms with van der Waals surface area (Å²) in [4.78, 5) is 24.4. The lowest BCUT2D eigenvalue weighted by Gasteiger charge is -2.06. The molecule has 0 amide bonds. The van der Waals surface area contributed by atoms with Crippen molar-refractivity contribution < 1.29 is 4.52 Å². The van der Waals surface area contributed by atoms with Gasteiger partial charge in [0.05, 0.1) is 39.6 Å². The van der Waals surface area contributed by atoms with Gasteiger partial charge in [0.1, 0.15) is 4.83 Å². The van der Waals surface area contributed by atoms with E-state index in [2.05, 4.69) is 21.2 Å². The van der Waals surface area contributed by atoms with E-state index >= 15 is 0 Å². The monoisotopic (exact) mass is 431 g/mol. The van der Waals surface area contributed by atoms with E-state index in [0.29, 0.717) is 34.0 Å². The van der Waals surface area contributed by atoms with Crippen molar-refractivity contribution >= 4 is 32.9 Å². The second-order valence-electron chi connectivity index (χ2n) is 6.63. The first-order valence-corrected chi connectivity index (χ1v) is 10.7. The van der Waals surface area contributed by atoms with Crippen LogP contribution in [0.1, 0.15) is 16.7 Å². The molecule has 9 heteroatoms. The Morgan fingerprint density at radius 3 is 2.97 bits per heavy atom. The lowest BCUT2D eigenvalue weighted by atomic mass is 10.1. The number of rotatable bonds is 4. The molecular weight excluding hydrogens is 418 g/mol. The van der Waals surface area contributed by atoms with Crippen LogP contribution in [-0.4, -0.2) is 19.7 Å². The van der Waals surface area contributed by atoms with Crippen LogP contribution >= 0.6 is 22.7 Å². The number of nitriles is 1. The zero-order chi connectivity index (χ0) is 20.7. The molecule has 0 radical (unpaired) electrons. The summed E-state index contributed by atoms with van der Waals surface area (Å²) in [7, 11) is 0. The summed E-state index contributed by atoms with van der Waals surface area (Å²) >= 11 is 2.90. The number of fused-ring (bicyclic) bond motifs is 1. The molecule has 0 spiro atoms. The highest BCUT2D eigenvalue weighted by molar-refractivity contribution is 7.22. The number of hydrogen-bond donors (Lipinski definition) is 0. The van der Waals surface area contributed by atoms with Crippen LogP contribution in [0.4, 0.5) is 0 Å². The first kappa shape index (κ1) is 18.4. The van der Waals surface area contributed by atoms with Crippen molar-refractivity contribution in [3.8, 4) is 27.5 Å². The van der Waals surface area contributed by atoms with Gasteiger partial charge < -0.3 is 4.52 Å². The van der Waals surface area contributed by atoms with Crippen LogP contribution in [0.15, 0.2) is 57.4 Å². The third kappa shape index (κ3) is 3.12. The molecule has 0 bridgehead atoms. The molecule has 0 unspecified atom stereocenters. The van der Waals surface area contributed by atoms with Crippen LogP contribution in [0.3, 0.4) is 0 Å². The predicted molar refractivity (Wildman–Crippen MR) is 115 cm³/mol. The fourth-order valence-electron chi connectivity index (χ4n) is 3.23. The number of thiophene rings is 2. The van der Waals surface area contributed by atoms with Crippen LogP contribution in [0.25, 0.3) is 31.7 Å². The molecule has 0 aliphatic heterocycles. The van der Waals surface area contributed by atoms with Crippen LogP contribution in [0.2, 0.25) is 0 Å². The van der Waals surface area contributed by atoms with Crippen molar-refractivity contribution in [3.05, 3.63) is 75.1 Å².